The van der Waals surface area contributed by atoms with Gasteiger partial charge in [0.25, 0.3) is 0 Å². The topological polar surface area (TPSA) is 134 Å². The summed E-state index contributed by atoms with van der Waals surface area (Å²) in [6.45, 7) is 0. The number of hydrogen-bond donors (Lipinski definition) is 0. The molecule has 0 aliphatic carbocycles. The van der Waals surface area contributed by atoms with Crippen LogP contribution in [-0.4, -0.2) is 40.4 Å². The number of carbonyl (C=O) groups is 2. The molecule has 0 bridgehead atoms. The molecule has 0 aliphatic heterocycles. The molecule has 0 aliphatic rings. The minimum absolute atomic E-state index is 0.707. The Morgan fingerprint density at radius 2 is 1.00 bits per heavy atom. The molecule has 0 N–H and O–H groups in total. The zero-order valence-corrected chi connectivity index (χ0v) is 12.7. The maximum atomic E-state index is 10.2. The molecule has 0 aromatic carbocycles. The van der Waals surface area contributed by atoms with Crippen molar-refractivity contribution < 1.29 is 59.8 Å². The number of esters is 2. The summed E-state index contributed by atoms with van der Waals surface area (Å²) in [5.74, 6) is -2.83. The van der Waals surface area contributed by atoms with Crippen molar-refractivity contribution in [2.45, 2.75) is 0 Å². The van der Waals surface area contributed by atoms with E-state index in [1.165, 1.54) is 28.4 Å². The fourth-order valence-electron chi connectivity index (χ4n) is 0.428. The van der Waals surface area contributed by atoms with E-state index in [0.717, 1.165) is 29.5 Å². The quantitative estimate of drug-likeness (QED) is 0.323. The molecule has 0 radical (unpaired) electrons. The number of hydrogen-bond acceptors (Lipinski definition) is 9. The fraction of sp³-hybridized carbons (Fsp3) is 0.400. The summed E-state index contributed by atoms with van der Waals surface area (Å²) in [5.41, 5.74) is 0. The summed E-state index contributed by atoms with van der Waals surface area (Å²) in [6.07, 6.45) is 1.44. The standard InChI is InChI=1S/2C5H8O4.O.V/c2*1-8-4(6)3-5(7)9-2;;/h2*3,6H,1-2H3;;/q;;;+2/p-2/b2*4-3+;;. The second-order valence-corrected chi connectivity index (χ2v) is 2.38. The van der Waals surface area contributed by atoms with Crippen LogP contribution in [0.4, 0.5) is 0 Å². The number of methoxy groups -OCH3 is 4. The molecule has 0 saturated carbocycles. The van der Waals surface area contributed by atoms with E-state index in [0.29, 0.717) is 0 Å². The second-order valence-electron chi connectivity index (χ2n) is 2.38. The third-order valence-corrected chi connectivity index (χ3v) is 1.28. The van der Waals surface area contributed by atoms with Gasteiger partial charge in [0.05, 0.1) is 26.1 Å². The van der Waals surface area contributed by atoms with Crippen LogP contribution in [0.5, 0.6) is 0 Å². The molecule has 0 saturated heterocycles. The van der Waals surface area contributed by atoms with Crippen LogP contribution >= 0.6 is 0 Å². The molecule has 0 fully saturated rings. The summed E-state index contributed by atoms with van der Waals surface area (Å²) in [4.78, 5) is 20.4. The molecule has 10 heteroatoms. The Balaban J connectivity index is -0.000000257. The molecule has 0 spiro atoms. The van der Waals surface area contributed by atoms with Crippen molar-refractivity contribution in [1.82, 2.24) is 0 Å². The van der Waals surface area contributed by atoms with Gasteiger partial charge in [-0.25, -0.2) is 9.59 Å². The number of carbonyl (C=O) groups excluding carboxylic acids is 2. The van der Waals surface area contributed by atoms with E-state index in [-0.39, 0.29) is 0 Å². The fourth-order valence-corrected chi connectivity index (χ4v) is 0.428. The zero-order chi connectivity index (χ0) is 16.6. The van der Waals surface area contributed by atoms with E-state index in [9.17, 15) is 19.8 Å². The zero-order valence-electron chi connectivity index (χ0n) is 11.3. The van der Waals surface area contributed by atoms with E-state index in [1.807, 2.05) is 0 Å². The Morgan fingerprint density at radius 1 is 0.750 bits per heavy atom. The van der Waals surface area contributed by atoms with Gasteiger partial charge in [0.15, 0.2) is 0 Å². The third kappa shape index (κ3) is 18.4. The molecule has 0 heterocycles. The van der Waals surface area contributed by atoms with Gasteiger partial charge in [0, 0.05) is 12.2 Å². The van der Waals surface area contributed by atoms with Crippen LogP contribution in [0.15, 0.2) is 24.0 Å². The van der Waals surface area contributed by atoms with Crippen LogP contribution in [0.1, 0.15) is 0 Å². The SMILES string of the molecule is COC(=O)/C=C(\[O-])OC.COC(=O)/C=C(\[O-])OC.[O]=[V+2]. The molecule has 113 valence electrons. The van der Waals surface area contributed by atoms with E-state index in [1.54, 1.807) is 0 Å². The first-order valence-corrected chi connectivity index (χ1v) is 5.17. The minimum atomic E-state index is -0.707. The van der Waals surface area contributed by atoms with Crippen LogP contribution in [0.25, 0.3) is 0 Å². The molecule has 20 heavy (non-hydrogen) atoms. The predicted octanol–water partition coefficient (Wildman–Crippen LogP) is -2.11. The van der Waals surface area contributed by atoms with Gasteiger partial charge in [-0.2, -0.15) is 0 Å². The Labute approximate surface area is 125 Å². The van der Waals surface area contributed by atoms with Gasteiger partial charge in [-0.05, 0) is 14.2 Å². The van der Waals surface area contributed by atoms with Gasteiger partial charge >= 0.3 is 33.0 Å². The first-order chi connectivity index (χ1) is 9.40. The van der Waals surface area contributed by atoms with Gasteiger partial charge in [-0.3, -0.25) is 0 Å². The van der Waals surface area contributed by atoms with E-state index < -0.39 is 23.8 Å². The van der Waals surface area contributed by atoms with Crippen molar-refractivity contribution in [3.8, 4) is 0 Å². The molecule has 0 aromatic heterocycles. The maximum absolute atomic E-state index is 10.2. The van der Waals surface area contributed by atoms with Crippen LogP contribution in [0.2, 0.25) is 0 Å². The second kappa shape index (κ2) is 17.0. The van der Waals surface area contributed by atoms with Crippen molar-refractivity contribution in [2.24, 2.45) is 0 Å². The molecule has 9 nitrogen and oxygen atoms in total. The van der Waals surface area contributed by atoms with E-state index in [4.69, 9.17) is 3.67 Å². The van der Waals surface area contributed by atoms with Gasteiger partial charge in [0.1, 0.15) is 0 Å². The van der Waals surface area contributed by atoms with Gasteiger partial charge in [-0.15, -0.1) is 0 Å². The van der Waals surface area contributed by atoms with Crippen molar-refractivity contribution >= 4 is 11.9 Å². The van der Waals surface area contributed by atoms with Crippen LogP contribution < -0.4 is 10.2 Å². The van der Waals surface area contributed by atoms with Gasteiger partial charge in [-0.1, -0.05) is 0 Å². The van der Waals surface area contributed by atoms with Crippen molar-refractivity contribution in [2.75, 3.05) is 28.4 Å². The summed E-state index contributed by atoms with van der Waals surface area (Å²) in [7, 11) is 4.73. The summed E-state index contributed by atoms with van der Waals surface area (Å²) in [6, 6.07) is 0. The molecular weight excluding hydrogens is 315 g/mol. The molecule has 0 unspecified atom stereocenters. The molecule has 0 atom stereocenters. The third-order valence-electron chi connectivity index (χ3n) is 1.28. The summed E-state index contributed by atoms with van der Waals surface area (Å²) >= 11 is 1.06. The Morgan fingerprint density at radius 3 is 1.15 bits per heavy atom. The van der Waals surface area contributed by atoms with Crippen molar-refractivity contribution in [1.29, 1.82) is 0 Å². The van der Waals surface area contributed by atoms with Crippen LogP contribution in [-0.2, 0) is 49.6 Å². The Kier molecular flexibility index (Phi) is 19.7. The number of ether oxygens (including phenoxy) is 4. The summed E-state index contributed by atoms with van der Waals surface area (Å²) in [5, 5.41) is 20.4. The van der Waals surface area contributed by atoms with Gasteiger partial charge in [0.2, 0.25) is 0 Å². The first kappa shape index (κ1) is 23.1. The molecule has 0 rings (SSSR count). The molecule has 0 amide bonds. The molecular formula is C10H14O9V. The summed E-state index contributed by atoms with van der Waals surface area (Å²) < 4.78 is 24.7. The molecule has 0 aromatic rings. The Bertz CT molecular complexity index is 306. The average Bonchev–Trinajstić information content (AvgIpc) is 2.49. The monoisotopic (exact) mass is 329 g/mol. The predicted molar refractivity (Wildman–Crippen MR) is 54.9 cm³/mol. The number of rotatable bonds is 4. The normalized spacial score (nSPS) is 9.90. The first-order valence-electron chi connectivity index (χ1n) is 4.60. The average molecular weight is 329 g/mol. The Hall–Kier alpha value is -2.00. The van der Waals surface area contributed by atoms with Gasteiger partial charge < -0.3 is 29.2 Å². The van der Waals surface area contributed by atoms with E-state index >= 15 is 0 Å². The van der Waals surface area contributed by atoms with Crippen LogP contribution in [0.3, 0.4) is 0 Å². The van der Waals surface area contributed by atoms with Crippen LogP contribution in [0, 0.1) is 0 Å². The van der Waals surface area contributed by atoms with Crippen molar-refractivity contribution in [3.63, 3.8) is 0 Å². The van der Waals surface area contributed by atoms with Crippen molar-refractivity contribution in [3.05, 3.63) is 24.0 Å². The van der Waals surface area contributed by atoms with E-state index in [2.05, 4.69) is 18.9 Å².